The molecule has 4 rings (SSSR count). The molecule has 1 aliphatic rings. The first kappa shape index (κ1) is 14.2. The summed E-state index contributed by atoms with van der Waals surface area (Å²) < 4.78 is 1.74. The van der Waals surface area contributed by atoms with E-state index in [9.17, 15) is 0 Å². The molecule has 0 aliphatic carbocycles. The molecule has 23 heavy (non-hydrogen) atoms. The van der Waals surface area contributed by atoms with Crippen molar-refractivity contribution in [3.8, 4) is 0 Å². The summed E-state index contributed by atoms with van der Waals surface area (Å²) in [5.41, 5.74) is 3.00. The molecule has 3 aromatic rings. The third kappa shape index (κ3) is 2.69. The number of benzene rings is 2. The van der Waals surface area contributed by atoms with Gasteiger partial charge in [0.2, 0.25) is 5.95 Å². The number of halogens is 2. The summed E-state index contributed by atoms with van der Waals surface area (Å²) in [5.74, 6) is 0.595. The number of hydrogen-bond donors (Lipinski definition) is 1. The number of aromatic nitrogens is 4. The van der Waals surface area contributed by atoms with Gasteiger partial charge in [0.1, 0.15) is 6.04 Å². The highest BCUT2D eigenvalue weighted by molar-refractivity contribution is 6.30. The van der Waals surface area contributed by atoms with E-state index in [4.69, 9.17) is 23.2 Å². The Morgan fingerprint density at radius 1 is 0.913 bits per heavy atom. The maximum Gasteiger partial charge on any atom is 0.248 e. The fraction of sp³-hybridized carbons (Fsp3) is 0.0625. The quantitative estimate of drug-likeness (QED) is 0.762. The van der Waals surface area contributed by atoms with Crippen molar-refractivity contribution in [2.75, 3.05) is 5.32 Å². The normalized spacial score (nSPS) is 16.4. The van der Waals surface area contributed by atoms with Gasteiger partial charge in [0.25, 0.3) is 0 Å². The summed E-state index contributed by atoms with van der Waals surface area (Å²) in [4.78, 5) is 0. The number of tetrazole rings is 1. The van der Waals surface area contributed by atoms with E-state index in [-0.39, 0.29) is 6.04 Å². The van der Waals surface area contributed by atoms with Gasteiger partial charge in [-0.05, 0) is 51.9 Å². The van der Waals surface area contributed by atoms with Crippen LogP contribution in [0.3, 0.4) is 0 Å². The summed E-state index contributed by atoms with van der Waals surface area (Å²) in [6, 6.07) is 15.2. The largest absolute Gasteiger partial charge is 0.323 e. The van der Waals surface area contributed by atoms with Crippen LogP contribution in [0.1, 0.15) is 17.2 Å². The van der Waals surface area contributed by atoms with E-state index < -0.39 is 0 Å². The first-order valence-corrected chi connectivity index (χ1v) is 7.74. The Bertz CT molecular complexity index is 868. The monoisotopic (exact) mass is 343 g/mol. The third-order valence-electron chi connectivity index (χ3n) is 3.69. The number of nitrogens with zero attached hydrogens (tertiary/aromatic N) is 4. The van der Waals surface area contributed by atoms with Crippen molar-refractivity contribution in [3.63, 3.8) is 0 Å². The third-order valence-corrected chi connectivity index (χ3v) is 4.20. The molecule has 1 N–H and O–H groups in total. The molecule has 1 aromatic heterocycles. The highest BCUT2D eigenvalue weighted by Crippen LogP contribution is 2.32. The van der Waals surface area contributed by atoms with Gasteiger partial charge in [-0.3, -0.25) is 0 Å². The minimum atomic E-state index is -0.107. The van der Waals surface area contributed by atoms with Crippen molar-refractivity contribution >= 4 is 34.8 Å². The minimum Gasteiger partial charge on any atom is -0.323 e. The molecular weight excluding hydrogens is 333 g/mol. The van der Waals surface area contributed by atoms with E-state index in [0.29, 0.717) is 16.0 Å². The summed E-state index contributed by atoms with van der Waals surface area (Å²) in [6.07, 6.45) is 2.08. The second-order valence-corrected chi connectivity index (χ2v) is 6.03. The fourth-order valence-corrected chi connectivity index (χ4v) is 2.80. The average molecular weight is 344 g/mol. The Kier molecular flexibility index (Phi) is 3.52. The maximum absolute atomic E-state index is 5.98. The number of hydrogen-bond acceptors (Lipinski definition) is 4. The lowest BCUT2D eigenvalue weighted by atomic mass is 10.0. The van der Waals surface area contributed by atoms with Gasteiger partial charge in [-0.15, -0.1) is 0 Å². The van der Waals surface area contributed by atoms with Gasteiger partial charge in [-0.2, -0.15) is 4.68 Å². The number of nitrogens with one attached hydrogen (secondary N) is 1. The lowest BCUT2D eigenvalue weighted by Gasteiger charge is -2.23. The second kappa shape index (κ2) is 5.68. The first-order valence-electron chi connectivity index (χ1n) is 6.99. The Labute approximate surface area is 142 Å². The van der Waals surface area contributed by atoms with Crippen LogP contribution in [-0.2, 0) is 0 Å². The predicted molar refractivity (Wildman–Crippen MR) is 90.5 cm³/mol. The van der Waals surface area contributed by atoms with Gasteiger partial charge in [-0.25, -0.2) is 0 Å². The van der Waals surface area contributed by atoms with Crippen LogP contribution in [0.25, 0.3) is 5.70 Å². The molecule has 0 fully saturated rings. The van der Waals surface area contributed by atoms with Gasteiger partial charge in [0, 0.05) is 15.7 Å². The zero-order chi connectivity index (χ0) is 15.8. The minimum absolute atomic E-state index is 0.107. The lowest BCUT2D eigenvalue weighted by molar-refractivity contribution is 0.586. The molecule has 0 radical (unpaired) electrons. The van der Waals surface area contributed by atoms with Gasteiger partial charge >= 0.3 is 0 Å². The lowest BCUT2D eigenvalue weighted by Crippen LogP contribution is -2.20. The molecule has 1 unspecified atom stereocenters. The van der Waals surface area contributed by atoms with Crippen molar-refractivity contribution in [1.82, 2.24) is 20.2 Å². The van der Waals surface area contributed by atoms with E-state index >= 15 is 0 Å². The van der Waals surface area contributed by atoms with Crippen molar-refractivity contribution in [2.45, 2.75) is 6.04 Å². The number of anilines is 1. The maximum atomic E-state index is 5.98. The Balaban J connectivity index is 1.79. The van der Waals surface area contributed by atoms with Crippen molar-refractivity contribution in [1.29, 1.82) is 0 Å². The van der Waals surface area contributed by atoms with Crippen molar-refractivity contribution < 1.29 is 0 Å². The molecular formula is C16H11Cl2N5. The van der Waals surface area contributed by atoms with Gasteiger partial charge in [0.05, 0.1) is 0 Å². The predicted octanol–water partition coefficient (Wildman–Crippen LogP) is 4.04. The zero-order valence-electron chi connectivity index (χ0n) is 11.8. The van der Waals surface area contributed by atoms with Crippen LogP contribution in [0.5, 0.6) is 0 Å². The van der Waals surface area contributed by atoms with Crippen LogP contribution < -0.4 is 5.32 Å². The van der Waals surface area contributed by atoms with Gasteiger partial charge < -0.3 is 5.32 Å². The van der Waals surface area contributed by atoms with E-state index in [1.54, 1.807) is 4.68 Å². The molecule has 1 atom stereocenters. The average Bonchev–Trinajstić information content (AvgIpc) is 3.04. The van der Waals surface area contributed by atoms with Crippen LogP contribution in [-0.4, -0.2) is 20.2 Å². The van der Waals surface area contributed by atoms with Crippen LogP contribution in [0.4, 0.5) is 5.95 Å². The van der Waals surface area contributed by atoms with Gasteiger partial charge in [-0.1, -0.05) is 52.6 Å². The van der Waals surface area contributed by atoms with Crippen LogP contribution in [0.15, 0.2) is 54.6 Å². The molecule has 1 aliphatic heterocycles. The SMILES string of the molecule is Clc1ccc(C2=CC(c3ccc(Cl)cc3)n3nnnc3N2)cc1. The topological polar surface area (TPSA) is 55.6 Å². The van der Waals surface area contributed by atoms with Crippen molar-refractivity contribution in [3.05, 3.63) is 75.8 Å². The molecule has 0 saturated carbocycles. The molecule has 2 aromatic carbocycles. The standard InChI is InChI=1S/C16H11Cl2N5/c17-12-5-1-10(2-6-12)14-9-15(11-3-7-13(18)8-4-11)23-16(19-14)20-21-22-23/h1-9,15H,(H,19,20,22). The second-order valence-electron chi connectivity index (χ2n) is 5.16. The molecule has 114 valence electrons. The molecule has 5 nitrogen and oxygen atoms in total. The summed E-state index contributed by atoms with van der Waals surface area (Å²) in [5, 5.41) is 16.5. The van der Waals surface area contributed by atoms with E-state index in [1.807, 2.05) is 48.5 Å². The number of allylic oxidation sites excluding steroid dienone is 1. The highest BCUT2D eigenvalue weighted by Gasteiger charge is 2.24. The summed E-state index contributed by atoms with van der Waals surface area (Å²) >= 11 is 11.9. The van der Waals surface area contributed by atoms with Crippen LogP contribution in [0, 0.1) is 0 Å². The number of fused-ring (bicyclic) bond motifs is 1. The molecule has 2 heterocycles. The van der Waals surface area contributed by atoms with Crippen LogP contribution in [0.2, 0.25) is 10.0 Å². The van der Waals surface area contributed by atoms with Crippen LogP contribution >= 0.6 is 23.2 Å². The zero-order valence-corrected chi connectivity index (χ0v) is 13.3. The number of rotatable bonds is 2. The fourth-order valence-electron chi connectivity index (χ4n) is 2.55. The molecule has 0 saturated heterocycles. The molecule has 0 amide bonds. The van der Waals surface area contributed by atoms with E-state index in [0.717, 1.165) is 16.8 Å². The Morgan fingerprint density at radius 2 is 1.57 bits per heavy atom. The Hall–Kier alpha value is -2.37. The highest BCUT2D eigenvalue weighted by atomic mass is 35.5. The van der Waals surface area contributed by atoms with Crippen molar-refractivity contribution in [2.24, 2.45) is 0 Å². The van der Waals surface area contributed by atoms with E-state index in [2.05, 4.69) is 26.9 Å². The smallest absolute Gasteiger partial charge is 0.248 e. The van der Waals surface area contributed by atoms with E-state index in [1.165, 1.54) is 0 Å². The van der Waals surface area contributed by atoms with Gasteiger partial charge in [0.15, 0.2) is 0 Å². The molecule has 7 heteroatoms. The molecule has 0 bridgehead atoms. The first-order chi connectivity index (χ1) is 11.2. The molecule has 0 spiro atoms. The summed E-state index contributed by atoms with van der Waals surface area (Å²) in [6.45, 7) is 0. The summed E-state index contributed by atoms with van der Waals surface area (Å²) in [7, 11) is 0. The Morgan fingerprint density at radius 3 is 2.26 bits per heavy atom.